The number of hydrogen-bond donors (Lipinski definition) is 1. The molecule has 182 valence electrons. The minimum absolute atomic E-state index is 0.126. The number of hydrogen-bond acceptors (Lipinski definition) is 7. The highest BCUT2D eigenvalue weighted by Crippen LogP contribution is 2.31. The molecule has 0 unspecified atom stereocenters. The van der Waals surface area contributed by atoms with E-state index in [4.69, 9.17) is 13.9 Å². The molecule has 1 aliphatic rings. The van der Waals surface area contributed by atoms with Crippen molar-refractivity contribution in [2.24, 2.45) is 5.10 Å². The molecule has 0 radical (unpaired) electrons. The summed E-state index contributed by atoms with van der Waals surface area (Å²) >= 11 is 0. The Morgan fingerprint density at radius 2 is 1.83 bits per heavy atom. The Bertz CT molecular complexity index is 1500. The van der Waals surface area contributed by atoms with Crippen molar-refractivity contribution < 1.29 is 23.5 Å². The lowest BCUT2D eigenvalue weighted by Gasteiger charge is -2.13. The number of ether oxygens (including phenoxy) is 2. The second-order valence-corrected chi connectivity index (χ2v) is 8.61. The van der Waals surface area contributed by atoms with Gasteiger partial charge in [0.2, 0.25) is 5.76 Å². The van der Waals surface area contributed by atoms with E-state index in [9.17, 15) is 9.59 Å². The molecular formula is C28H25N3O5. The fraction of sp³-hybridized carbons (Fsp3) is 0.214. The van der Waals surface area contributed by atoms with Gasteiger partial charge in [0.15, 0.2) is 5.75 Å². The second-order valence-electron chi connectivity index (χ2n) is 8.61. The molecule has 1 N–H and O–H groups in total. The lowest BCUT2D eigenvalue weighted by molar-refractivity contribution is 0.0700. The molecule has 2 aromatic heterocycles. The molecule has 0 saturated carbocycles. The molecule has 0 atom stereocenters. The Morgan fingerprint density at radius 3 is 2.61 bits per heavy atom. The van der Waals surface area contributed by atoms with Crippen LogP contribution in [0.3, 0.4) is 0 Å². The van der Waals surface area contributed by atoms with Crippen LogP contribution in [0.2, 0.25) is 0 Å². The van der Waals surface area contributed by atoms with E-state index in [1.165, 1.54) is 0 Å². The molecule has 2 heterocycles. The lowest BCUT2D eigenvalue weighted by Crippen LogP contribution is -2.22. The van der Waals surface area contributed by atoms with Crippen LogP contribution >= 0.6 is 0 Å². The summed E-state index contributed by atoms with van der Waals surface area (Å²) in [7, 11) is 1.57. The zero-order valence-corrected chi connectivity index (χ0v) is 20.3. The number of pyridine rings is 1. The number of aryl methyl sites for hydroxylation is 2. The average Bonchev–Trinajstić information content (AvgIpc) is 3.24. The molecule has 0 fully saturated rings. The molecule has 2 aromatic carbocycles. The monoisotopic (exact) mass is 483 g/mol. The summed E-state index contributed by atoms with van der Waals surface area (Å²) in [5, 5.41) is 5.25. The number of benzene rings is 2. The van der Waals surface area contributed by atoms with Gasteiger partial charge in [-0.15, -0.1) is 0 Å². The second kappa shape index (κ2) is 9.65. The lowest BCUT2D eigenvalue weighted by atomic mass is 9.93. The van der Waals surface area contributed by atoms with Crippen molar-refractivity contribution in [1.29, 1.82) is 0 Å². The predicted octanol–water partition coefficient (Wildman–Crippen LogP) is 5.14. The smallest absolute Gasteiger partial charge is 0.380 e. The summed E-state index contributed by atoms with van der Waals surface area (Å²) < 4.78 is 16.8. The van der Waals surface area contributed by atoms with Crippen LogP contribution in [0.25, 0.3) is 10.9 Å². The molecule has 1 aliphatic carbocycles. The summed E-state index contributed by atoms with van der Waals surface area (Å²) in [6.07, 6.45) is 2.11. The fourth-order valence-electron chi connectivity index (χ4n) is 4.35. The van der Waals surface area contributed by atoms with Gasteiger partial charge in [-0.3, -0.25) is 4.79 Å². The number of nitrogens with one attached hydrogen (secondary N) is 1. The van der Waals surface area contributed by atoms with Gasteiger partial charge in [-0.05, 0) is 63.1 Å². The molecule has 0 saturated heterocycles. The number of aromatic nitrogens is 1. The third-order valence-corrected chi connectivity index (χ3v) is 6.18. The van der Waals surface area contributed by atoms with Gasteiger partial charge in [0.25, 0.3) is 5.91 Å². The van der Waals surface area contributed by atoms with Gasteiger partial charge in [0, 0.05) is 34.2 Å². The van der Waals surface area contributed by atoms with Crippen LogP contribution in [-0.2, 0) is 6.42 Å². The Labute approximate surface area is 207 Å². The van der Waals surface area contributed by atoms with Gasteiger partial charge in [0.1, 0.15) is 17.0 Å². The quantitative estimate of drug-likeness (QED) is 0.239. The Balaban J connectivity index is 1.39. The molecule has 1 amide bonds. The van der Waals surface area contributed by atoms with Crippen LogP contribution in [0, 0.1) is 13.8 Å². The van der Waals surface area contributed by atoms with Crippen LogP contribution in [-0.4, -0.2) is 29.7 Å². The van der Waals surface area contributed by atoms with Gasteiger partial charge in [0.05, 0.1) is 12.8 Å². The highest BCUT2D eigenvalue weighted by molar-refractivity contribution is 6.07. The summed E-state index contributed by atoms with van der Waals surface area (Å²) in [4.78, 5) is 30.2. The maximum absolute atomic E-state index is 13.1. The van der Waals surface area contributed by atoms with Crippen molar-refractivity contribution in [3.8, 4) is 11.5 Å². The highest BCUT2D eigenvalue weighted by atomic mass is 16.5. The Kier molecular flexibility index (Phi) is 6.25. The number of methoxy groups -OCH3 is 1. The van der Waals surface area contributed by atoms with Crippen molar-refractivity contribution in [2.75, 3.05) is 7.11 Å². The molecule has 5 rings (SSSR count). The zero-order valence-electron chi connectivity index (χ0n) is 20.3. The zero-order chi connectivity index (χ0) is 25.2. The van der Waals surface area contributed by atoms with Crippen molar-refractivity contribution in [2.45, 2.75) is 33.1 Å². The Morgan fingerprint density at radius 1 is 1.03 bits per heavy atom. The number of carbonyl (C=O) groups is 2. The Hall–Kier alpha value is -4.46. The van der Waals surface area contributed by atoms with Crippen LogP contribution in [0.1, 0.15) is 56.3 Å². The van der Waals surface area contributed by atoms with Crippen molar-refractivity contribution in [3.63, 3.8) is 0 Å². The summed E-state index contributed by atoms with van der Waals surface area (Å²) in [5.41, 5.74) is 6.57. The minimum atomic E-state index is -0.598. The van der Waals surface area contributed by atoms with Gasteiger partial charge in [-0.2, -0.15) is 5.10 Å². The number of hydrazone groups is 1. The normalized spacial score (nSPS) is 13.9. The summed E-state index contributed by atoms with van der Waals surface area (Å²) in [5.74, 6) is 0.889. The standard InChI is InChI=1S/C28H25N3O5/c1-16-10-11-18-6-4-9-23(25(18)29-16)36-28(33)26-17(2)24-21(7-5-8-22(24)35-26)30-31-27(32)19-12-14-20(34-3)15-13-19/h4,6,9-15H,5,7-8H2,1-3H3,(H,31,32)/b30-21+. The third-order valence-electron chi connectivity index (χ3n) is 6.18. The van der Waals surface area contributed by atoms with Gasteiger partial charge in [-0.1, -0.05) is 18.2 Å². The molecule has 4 aromatic rings. The van der Waals surface area contributed by atoms with E-state index < -0.39 is 5.97 Å². The molecule has 0 bridgehead atoms. The van der Waals surface area contributed by atoms with Gasteiger partial charge < -0.3 is 13.9 Å². The van der Waals surface area contributed by atoms with E-state index in [0.29, 0.717) is 52.5 Å². The first-order valence-electron chi connectivity index (χ1n) is 11.7. The molecule has 0 spiro atoms. The van der Waals surface area contributed by atoms with Crippen molar-refractivity contribution >= 4 is 28.5 Å². The maximum Gasteiger partial charge on any atom is 0.380 e. The van der Waals surface area contributed by atoms with E-state index >= 15 is 0 Å². The molecule has 36 heavy (non-hydrogen) atoms. The molecule has 8 heteroatoms. The van der Waals surface area contributed by atoms with E-state index in [2.05, 4.69) is 15.5 Å². The van der Waals surface area contributed by atoms with Gasteiger partial charge in [-0.25, -0.2) is 15.2 Å². The van der Waals surface area contributed by atoms with E-state index in [1.807, 2.05) is 31.2 Å². The first kappa shape index (κ1) is 23.3. The first-order valence-corrected chi connectivity index (χ1v) is 11.7. The van der Waals surface area contributed by atoms with Crippen LogP contribution in [0.4, 0.5) is 0 Å². The predicted molar refractivity (Wildman–Crippen MR) is 135 cm³/mol. The number of amides is 1. The van der Waals surface area contributed by atoms with E-state index in [0.717, 1.165) is 23.1 Å². The number of carbonyl (C=O) groups excluding carboxylic acids is 2. The van der Waals surface area contributed by atoms with Crippen LogP contribution in [0.5, 0.6) is 11.5 Å². The number of rotatable bonds is 5. The molecular weight excluding hydrogens is 458 g/mol. The maximum atomic E-state index is 13.1. The summed E-state index contributed by atoms with van der Waals surface area (Å²) in [6, 6.07) is 16.1. The molecule has 0 aliphatic heterocycles. The van der Waals surface area contributed by atoms with Crippen LogP contribution in [0.15, 0.2) is 64.1 Å². The van der Waals surface area contributed by atoms with Crippen molar-refractivity contribution in [1.82, 2.24) is 10.4 Å². The highest BCUT2D eigenvalue weighted by Gasteiger charge is 2.29. The number of para-hydroxylation sites is 1. The minimum Gasteiger partial charge on any atom is -0.497 e. The summed E-state index contributed by atoms with van der Waals surface area (Å²) in [6.45, 7) is 3.69. The topological polar surface area (TPSA) is 103 Å². The number of nitrogens with zero attached hydrogens (tertiary/aromatic N) is 2. The van der Waals surface area contributed by atoms with E-state index in [1.54, 1.807) is 44.4 Å². The van der Waals surface area contributed by atoms with Crippen LogP contribution < -0.4 is 14.9 Å². The first-order chi connectivity index (χ1) is 17.4. The SMILES string of the molecule is COc1ccc(C(=O)N/N=C2\CCCc3oc(C(=O)Oc4cccc5ccc(C)nc45)c(C)c32)cc1. The molecule has 8 nitrogen and oxygen atoms in total. The number of esters is 1. The van der Waals surface area contributed by atoms with E-state index in [-0.39, 0.29) is 11.7 Å². The van der Waals surface area contributed by atoms with Gasteiger partial charge >= 0.3 is 5.97 Å². The van der Waals surface area contributed by atoms with Crippen molar-refractivity contribution in [3.05, 3.63) is 88.5 Å². The number of furan rings is 1. The largest absolute Gasteiger partial charge is 0.497 e. The fourth-order valence-corrected chi connectivity index (χ4v) is 4.35. The third kappa shape index (κ3) is 4.45. The number of fused-ring (bicyclic) bond motifs is 2. The average molecular weight is 484 g/mol.